The van der Waals surface area contributed by atoms with E-state index in [0.29, 0.717) is 17.5 Å². The van der Waals surface area contributed by atoms with Gasteiger partial charge in [0.25, 0.3) is 5.56 Å². The van der Waals surface area contributed by atoms with Gasteiger partial charge in [0, 0.05) is 23.9 Å². The van der Waals surface area contributed by atoms with Crippen LogP contribution in [-0.2, 0) is 21.2 Å². The number of benzene rings is 2. The highest BCUT2D eigenvalue weighted by molar-refractivity contribution is 7.89. The topological polar surface area (TPSA) is 128 Å². The fourth-order valence-electron chi connectivity index (χ4n) is 4.73. The quantitative estimate of drug-likeness (QED) is 0.445. The van der Waals surface area contributed by atoms with Crippen LogP contribution in [0.2, 0.25) is 0 Å². The molecule has 1 aliphatic carbocycles. The van der Waals surface area contributed by atoms with Crippen molar-refractivity contribution in [2.75, 3.05) is 6.54 Å². The molecule has 0 saturated carbocycles. The summed E-state index contributed by atoms with van der Waals surface area (Å²) in [7, 11) is -4.16. The largest absolute Gasteiger partial charge is 0.480 e. The first-order chi connectivity index (χ1) is 14.7. The van der Waals surface area contributed by atoms with E-state index in [9.17, 15) is 28.2 Å². The minimum Gasteiger partial charge on any atom is -0.480 e. The van der Waals surface area contributed by atoms with Crippen molar-refractivity contribution in [2.24, 2.45) is 0 Å². The molecule has 2 atom stereocenters. The van der Waals surface area contributed by atoms with Gasteiger partial charge in [-0.05, 0) is 48.1 Å². The number of fused-ring (bicyclic) bond motifs is 5. The molecule has 1 aromatic heterocycles. The summed E-state index contributed by atoms with van der Waals surface area (Å²) >= 11 is 0. The zero-order valence-corrected chi connectivity index (χ0v) is 17.4. The zero-order valence-electron chi connectivity index (χ0n) is 16.6. The predicted octanol–water partition coefficient (Wildman–Crippen LogP) is 1.70. The highest BCUT2D eigenvalue weighted by Gasteiger charge is 2.55. The molecule has 1 aliphatic heterocycles. The maximum atomic E-state index is 13.3. The maximum Gasteiger partial charge on any atom is 0.327 e. The second-order valence-corrected chi connectivity index (χ2v) is 10.0. The molecule has 8 nitrogen and oxygen atoms in total. The normalized spacial score (nSPS) is 23.1. The Hall–Kier alpha value is -3.01. The van der Waals surface area contributed by atoms with Crippen LogP contribution in [0.5, 0.6) is 0 Å². The molecule has 0 amide bonds. The Labute approximate surface area is 177 Å². The van der Waals surface area contributed by atoms with Crippen LogP contribution in [0.3, 0.4) is 0 Å². The Morgan fingerprint density at radius 3 is 2.61 bits per heavy atom. The standard InChI is InChI=1S/C22H20N2O6S/c1-22(21(27)28)18(25)8-9-24(22)31(29,30)13-6-7-14-12(10-13)11-17-15-4-2-3-5-16(15)20(26)23-19(14)17/h2-7,10,18,25H,8-9,11H2,1H3,(H,23,26)(H,27,28)/t18?,22-/m1/s1. The molecule has 1 unspecified atom stereocenters. The molecule has 31 heavy (non-hydrogen) atoms. The van der Waals surface area contributed by atoms with Crippen LogP contribution in [0.1, 0.15) is 24.5 Å². The number of rotatable bonds is 3. The van der Waals surface area contributed by atoms with E-state index in [0.717, 1.165) is 26.4 Å². The first kappa shape index (κ1) is 19.9. The van der Waals surface area contributed by atoms with Crippen molar-refractivity contribution in [2.45, 2.75) is 36.3 Å². The van der Waals surface area contributed by atoms with Gasteiger partial charge in [-0.25, -0.2) is 8.42 Å². The van der Waals surface area contributed by atoms with Crippen molar-refractivity contribution in [3.8, 4) is 11.3 Å². The number of hydrogen-bond donors (Lipinski definition) is 3. The van der Waals surface area contributed by atoms with E-state index in [-0.39, 0.29) is 23.4 Å². The molecule has 3 N–H and O–H groups in total. The van der Waals surface area contributed by atoms with Crippen molar-refractivity contribution in [1.29, 1.82) is 0 Å². The molecule has 2 aliphatic rings. The molecule has 1 saturated heterocycles. The molecule has 1 fully saturated rings. The fourth-order valence-corrected chi connectivity index (χ4v) is 6.56. The van der Waals surface area contributed by atoms with Gasteiger partial charge < -0.3 is 15.2 Å². The third-order valence-electron chi connectivity index (χ3n) is 6.54. The molecule has 9 heteroatoms. The van der Waals surface area contributed by atoms with Crippen LogP contribution in [0, 0.1) is 0 Å². The van der Waals surface area contributed by atoms with E-state index in [1.165, 1.54) is 19.1 Å². The van der Waals surface area contributed by atoms with Gasteiger partial charge in [-0.2, -0.15) is 4.31 Å². The summed E-state index contributed by atoms with van der Waals surface area (Å²) in [5.74, 6) is -1.39. The lowest BCUT2D eigenvalue weighted by Crippen LogP contribution is -2.56. The number of carboxylic acid groups (broad SMARTS) is 1. The third kappa shape index (κ3) is 2.63. The number of aliphatic hydroxyl groups is 1. The van der Waals surface area contributed by atoms with E-state index >= 15 is 0 Å². The average Bonchev–Trinajstić information content (AvgIpc) is 3.26. The first-order valence-electron chi connectivity index (χ1n) is 9.87. The number of aromatic amines is 1. The molecule has 2 heterocycles. The SMILES string of the molecule is C[C@]1(C(=O)O)C(O)CCN1S(=O)(=O)c1ccc2c(c1)Cc1c-2[nH]c(=O)c2ccccc12. The van der Waals surface area contributed by atoms with Crippen molar-refractivity contribution in [1.82, 2.24) is 9.29 Å². The van der Waals surface area contributed by atoms with E-state index in [2.05, 4.69) is 4.98 Å². The Kier molecular flexibility index (Phi) is 4.17. The number of hydrogen-bond acceptors (Lipinski definition) is 5. The molecule has 5 rings (SSSR count). The summed E-state index contributed by atoms with van der Waals surface area (Å²) < 4.78 is 27.5. The smallest absolute Gasteiger partial charge is 0.327 e. The minimum atomic E-state index is -4.16. The van der Waals surface area contributed by atoms with Crippen LogP contribution < -0.4 is 5.56 Å². The number of pyridine rings is 1. The van der Waals surface area contributed by atoms with E-state index < -0.39 is 27.6 Å². The molecule has 3 aromatic rings. The van der Waals surface area contributed by atoms with Gasteiger partial charge in [-0.1, -0.05) is 24.3 Å². The fraction of sp³-hybridized carbons (Fsp3) is 0.273. The Bertz CT molecular complexity index is 1430. The van der Waals surface area contributed by atoms with Crippen molar-refractivity contribution < 1.29 is 23.4 Å². The third-order valence-corrected chi connectivity index (χ3v) is 8.54. The number of nitrogens with one attached hydrogen (secondary N) is 1. The zero-order chi connectivity index (χ0) is 22.1. The van der Waals surface area contributed by atoms with E-state index in [1.807, 2.05) is 12.1 Å². The van der Waals surface area contributed by atoms with Crippen LogP contribution in [0.15, 0.2) is 52.2 Å². The van der Waals surface area contributed by atoms with Gasteiger partial charge in [0.05, 0.1) is 16.7 Å². The minimum absolute atomic E-state index is 0.0349. The van der Waals surface area contributed by atoms with E-state index in [1.54, 1.807) is 18.2 Å². The van der Waals surface area contributed by atoms with Crippen molar-refractivity contribution in [3.63, 3.8) is 0 Å². The molecule has 0 bridgehead atoms. The van der Waals surface area contributed by atoms with Gasteiger partial charge in [0.1, 0.15) is 0 Å². The van der Waals surface area contributed by atoms with Crippen LogP contribution >= 0.6 is 0 Å². The second kappa shape index (κ2) is 6.49. The number of aliphatic carboxylic acids is 1. The van der Waals surface area contributed by atoms with Gasteiger partial charge in [-0.15, -0.1) is 0 Å². The maximum absolute atomic E-state index is 13.3. The highest BCUT2D eigenvalue weighted by Crippen LogP contribution is 2.40. The Balaban J connectivity index is 1.61. The molecular formula is C22H20N2O6S. The van der Waals surface area contributed by atoms with Crippen molar-refractivity contribution >= 4 is 26.8 Å². The van der Waals surface area contributed by atoms with Gasteiger partial charge in [0.15, 0.2) is 5.54 Å². The number of carboxylic acids is 1. The predicted molar refractivity (Wildman–Crippen MR) is 113 cm³/mol. The molecule has 0 radical (unpaired) electrons. The number of aliphatic hydroxyl groups excluding tert-OH is 1. The molecule has 160 valence electrons. The van der Waals surface area contributed by atoms with Gasteiger partial charge in [-0.3, -0.25) is 9.59 Å². The number of carbonyl (C=O) groups is 1. The molecular weight excluding hydrogens is 420 g/mol. The highest BCUT2D eigenvalue weighted by atomic mass is 32.2. The lowest BCUT2D eigenvalue weighted by atomic mass is 9.98. The molecule has 2 aromatic carbocycles. The Morgan fingerprint density at radius 2 is 1.90 bits per heavy atom. The summed E-state index contributed by atoms with van der Waals surface area (Å²) in [4.78, 5) is 27.2. The number of aromatic nitrogens is 1. The number of H-pyrrole nitrogens is 1. The molecule has 0 spiro atoms. The van der Waals surface area contributed by atoms with Crippen molar-refractivity contribution in [3.05, 3.63) is 63.9 Å². The lowest BCUT2D eigenvalue weighted by Gasteiger charge is -2.32. The monoisotopic (exact) mass is 440 g/mol. The Morgan fingerprint density at radius 1 is 1.19 bits per heavy atom. The second-order valence-electron chi connectivity index (χ2n) is 8.18. The van der Waals surface area contributed by atoms with Gasteiger partial charge in [0.2, 0.25) is 10.0 Å². The summed E-state index contributed by atoms with van der Waals surface area (Å²) in [6.45, 7) is 1.15. The lowest BCUT2D eigenvalue weighted by molar-refractivity contribution is -0.150. The van der Waals surface area contributed by atoms with Crippen LogP contribution in [0.4, 0.5) is 0 Å². The van der Waals surface area contributed by atoms with Crippen LogP contribution in [-0.4, -0.2) is 52.1 Å². The van der Waals surface area contributed by atoms with Gasteiger partial charge >= 0.3 is 5.97 Å². The summed E-state index contributed by atoms with van der Waals surface area (Å²) in [6.07, 6.45) is -0.801. The summed E-state index contributed by atoms with van der Waals surface area (Å²) in [6, 6.07) is 11.9. The van der Waals surface area contributed by atoms with Crippen LogP contribution in [0.25, 0.3) is 22.0 Å². The summed E-state index contributed by atoms with van der Waals surface area (Å²) in [5, 5.41) is 21.2. The number of nitrogens with zero attached hydrogens (tertiary/aromatic N) is 1. The average molecular weight is 440 g/mol. The number of sulfonamides is 1. The first-order valence-corrected chi connectivity index (χ1v) is 11.3. The summed E-state index contributed by atoms with van der Waals surface area (Å²) in [5.41, 5.74) is 0.949. The van der Waals surface area contributed by atoms with E-state index in [4.69, 9.17) is 0 Å².